The molecule has 0 amide bonds. The van der Waals surface area contributed by atoms with E-state index in [1.807, 2.05) is 6.07 Å². The van der Waals surface area contributed by atoms with Crippen molar-refractivity contribution in [3.63, 3.8) is 0 Å². The van der Waals surface area contributed by atoms with Crippen LogP contribution in [0.15, 0.2) is 18.2 Å². The molecular formula is C17H26N2O2. The number of anilines is 2. The highest BCUT2D eigenvalue weighted by Crippen LogP contribution is 2.30. The maximum atomic E-state index is 11.4. The SMILES string of the molecule is COC(=O)c1ccc(NCCC2CCCC(C)C2)c(N)c1. The Morgan fingerprint density at radius 3 is 2.90 bits per heavy atom. The number of methoxy groups -OCH3 is 1. The van der Waals surface area contributed by atoms with Gasteiger partial charge in [-0.3, -0.25) is 0 Å². The molecule has 0 spiro atoms. The van der Waals surface area contributed by atoms with Crippen LogP contribution >= 0.6 is 0 Å². The highest BCUT2D eigenvalue weighted by molar-refractivity contribution is 5.91. The van der Waals surface area contributed by atoms with Crippen LogP contribution in [0.4, 0.5) is 11.4 Å². The molecule has 2 unspecified atom stereocenters. The van der Waals surface area contributed by atoms with Gasteiger partial charge in [0.25, 0.3) is 0 Å². The number of rotatable bonds is 5. The van der Waals surface area contributed by atoms with Crippen LogP contribution in [-0.2, 0) is 4.74 Å². The van der Waals surface area contributed by atoms with Crippen LogP contribution in [0.1, 0.15) is 49.4 Å². The van der Waals surface area contributed by atoms with Crippen LogP contribution in [0.3, 0.4) is 0 Å². The normalized spacial score (nSPS) is 21.8. The first-order chi connectivity index (χ1) is 10.1. The lowest BCUT2D eigenvalue weighted by Crippen LogP contribution is -2.17. The number of hydrogen-bond acceptors (Lipinski definition) is 4. The van der Waals surface area contributed by atoms with Crippen molar-refractivity contribution in [3.05, 3.63) is 23.8 Å². The molecule has 116 valence electrons. The summed E-state index contributed by atoms with van der Waals surface area (Å²) in [6.07, 6.45) is 6.62. The lowest BCUT2D eigenvalue weighted by molar-refractivity contribution is 0.0601. The van der Waals surface area contributed by atoms with Gasteiger partial charge in [-0.05, 0) is 42.9 Å². The first-order valence-corrected chi connectivity index (χ1v) is 7.82. The largest absolute Gasteiger partial charge is 0.465 e. The number of nitrogens with two attached hydrogens (primary N) is 1. The van der Waals surface area contributed by atoms with E-state index in [0.29, 0.717) is 11.3 Å². The lowest BCUT2D eigenvalue weighted by atomic mass is 9.81. The van der Waals surface area contributed by atoms with Crippen molar-refractivity contribution in [1.29, 1.82) is 0 Å². The van der Waals surface area contributed by atoms with Crippen molar-refractivity contribution < 1.29 is 9.53 Å². The van der Waals surface area contributed by atoms with Crippen LogP contribution in [0.25, 0.3) is 0 Å². The number of carbonyl (C=O) groups excluding carboxylic acids is 1. The number of nitrogens with one attached hydrogen (secondary N) is 1. The number of benzene rings is 1. The van der Waals surface area contributed by atoms with Crippen LogP contribution in [0, 0.1) is 11.8 Å². The predicted octanol–water partition coefficient (Wildman–Crippen LogP) is 3.68. The van der Waals surface area contributed by atoms with E-state index in [2.05, 4.69) is 17.0 Å². The summed E-state index contributed by atoms with van der Waals surface area (Å²) in [5.74, 6) is 1.34. The van der Waals surface area contributed by atoms with Crippen molar-refractivity contribution in [2.45, 2.75) is 39.0 Å². The quantitative estimate of drug-likeness (QED) is 0.641. The fraction of sp³-hybridized carbons (Fsp3) is 0.588. The molecule has 21 heavy (non-hydrogen) atoms. The van der Waals surface area contributed by atoms with Gasteiger partial charge < -0.3 is 15.8 Å². The number of carbonyl (C=O) groups is 1. The van der Waals surface area contributed by atoms with Crippen molar-refractivity contribution >= 4 is 17.3 Å². The summed E-state index contributed by atoms with van der Waals surface area (Å²) in [6.45, 7) is 3.28. The summed E-state index contributed by atoms with van der Waals surface area (Å²) in [6, 6.07) is 5.26. The monoisotopic (exact) mass is 290 g/mol. The molecule has 1 aliphatic carbocycles. The summed E-state index contributed by atoms with van der Waals surface area (Å²) in [5, 5.41) is 3.38. The molecule has 1 aromatic rings. The van der Waals surface area contributed by atoms with Crippen molar-refractivity contribution in [2.24, 2.45) is 11.8 Å². The first-order valence-electron chi connectivity index (χ1n) is 7.82. The third kappa shape index (κ3) is 4.38. The van der Waals surface area contributed by atoms with Gasteiger partial charge in [-0.15, -0.1) is 0 Å². The van der Waals surface area contributed by atoms with Crippen molar-refractivity contribution in [3.8, 4) is 0 Å². The third-order valence-electron chi connectivity index (χ3n) is 4.39. The molecule has 1 fully saturated rings. The van der Waals surface area contributed by atoms with Gasteiger partial charge in [-0.2, -0.15) is 0 Å². The van der Waals surface area contributed by atoms with Gasteiger partial charge in [0.15, 0.2) is 0 Å². The molecule has 2 rings (SSSR count). The second kappa shape index (κ2) is 7.34. The zero-order valence-electron chi connectivity index (χ0n) is 13.0. The average molecular weight is 290 g/mol. The molecule has 1 aromatic carbocycles. The van der Waals surface area contributed by atoms with E-state index in [4.69, 9.17) is 5.73 Å². The molecule has 1 aliphatic rings. The highest BCUT2D eigenvalue weighted by atomic mass is 16.5. The molecule has 4 heteroatoms. The Balaban J connectivity index is 1.84. The highest BCUT2D eigenvalue weighted by Gasteiger charge is 2.18. The van der Waals surface area contributed by atoms with Crippen molar-refractivity contribution in [2.75, 3.05) is 24.7 Å². The molecule has 1 saturated carbocycles. The minimum Gasteiger partial charge on any atom is -0.465 e. The molecule has 0 bridgehead atoms. The van der Waals surface area contributed by atoms with Gasteiger partial charge >= 0.3 is 5.97 Å². The third-order valence-corrected chi connectivity index (χ3v) is 4.39. The second-order valence-electron chi connectivity index (χ2n) is 6.15. The maximum absolute atomic E-state index is 11.4. The second-order valence-corrected chi connectivity index (χ2v) is 6.15. The van der Waals surface area contributed by atoms with E-state index in [-0.39, 0.29) is 5.97 Å². The molecule has 0 heterocycles. The molecule has 2 atom stereocenters. The van der Waals surface area contributed by atoms with E-state index >= 15 is 0 Å². The summed E-state index contributed by atoms with van der Waals surface area (Å²) in [7, 11) is 1.37. The van der Waals surface area contributed by atoms with E-state index in [0.717, 1.165) is 24.1 Å². The van der Waals surface area contributed by atoms with E-state index in [1.165, 1.54) is 39.2 Å². The van der Waals surface area contributed by atoms with E-state index in [9.17, 15) is 4.79 Å². The number of esters is 1. The molecular weight excluding hydrogens is 264 g/mol. The molecule has 0 aliphatic heterocycles. The molecule has 4 nitrogen and oxygen atoms in total. The number of nitrogen functional groups attached to an aromatic ring is 1. The average Bonchev–Trinajstić information content (AvgIpc) is 2.48. The number of ether oxygens (including phenoxy) is 1. The van der Waals surface area contributed by atoms with E-state index < -0.39 is 0 Å². The fourth-order valence-corrected chi connectivity index (χ4v) is 3.20. The summed E-state index contributed by atoms with van der Waals surface area (Å²) < 4.78 is 4.69. The zero-order chi connectivity index (χ0) is 15.2. The van der Waals surface area contributed by atoms with Gasteiger partial charge in [0.2, 0.25) is 0 Å². The maximum Gasteiger partial charge on any atom is 0.337 e. The van der Waals surface area contributed by atoms with Gasteiger partial charge in [0.05, 0.1) is 24.0 Å². The minimum atomic E-state index is -0.357. The lowest BCUT2D eigenvalue weighted by Gasteiger charge is -2.26. The van der Waals surface area contributed by atoms with Crippen LogP contribution < -0.4 is 11.1 Å². The van der Waals surface area contributed by atoms with Crippen LogP contribution in [0.2, 0.25) is 0 Å². The van der Waals surface area contributed by atoms with Gasteiger partial charge in [0.1, 0.15) is 0 Å². The molecule has 0 aromatic heterocycles. The first kappa shape index (κ1) is 15.7. The topological polar surface area (TPSA) is 64.3 Å². The Hall–Kier alpha value is -1.71. The number of hydrogen-bond donors (Lipinski definition) is 2. The minimum absolute atomic E-state index is 0.357. The molecule has 0 saturated heterocycles. The summed E-state index contributed by atoms with van der Waals surface area (Å²) in [4.78, 5) is 11.4. The summed E-state index contributed by atoms with van der Waals surface area (Å²) in [5.41, 5.74) is 7.96. The Morgan fingerprint density at radius 2 is 2.24 bits per heavy atom. The van der Waals surface area contributed by atoms with Gasteiger partial charge in [0, 0.05) is 6.54 Å². The van der Waals surface area contributed by atoms with Crippen molar-refractivity contribution in [1.82, 2.24) is 0 Å². The van der Waals surface area contributed by atoms with Gasteiger partial charge in [-0.1, -0.05) is 26.2 Å². The Kier molecular flexibility index (Phi) is 5.48. The predicted molar refractivity (Wildman–Crippen MR) is 86.4 cm³/mol. The standard InChI is InChI=1S/C17H26N2O2/c1-12-4-3-5-13(10-12)8-9-19-16-7-6-14(11-15(16)18)17(20)21-2/h6-7,11-13,19H,3-5,8-10,18H2,1-2H3. The Morgan fingerprint density at radius 1 is 1.43 bits per heavy atom. The fourth-order valence-electron chi connectivity index (χ4n) is 3.20. The molecule has 0 radical (unpaired) electrons. The Labute approximate surface area is 127 Å². The summed E-state index contributed by atoms with van der Waals surface area (Å²) >= 11 is 0. The van der Waals surface area contributed by atoms with E-state index in [1.54, 1.807) is 12.1 Å². The van der Waals surface area contributed by atoms with Crippen LogP contribution in [-0.4, -0.2) is 19.6 Å². The zero-order valence-corrected chi connectivity index (χ0v) is 13.0. The Bertz CT molecular complexity index is 488. The van der Waals surface area contributed by atoms with Crippen LogP contribution in [0.5, 0.6) is 0 Å². The molecule has 3 N–H and O–H groups in total. The smallest absolute Gasteiger partial charge is 0.337 e. The van der Waals surface area contributed by atoms with Gasteiger partial charge in [-0.25, -0.2) is 4.79 Å².